The number of hydrogen-bond acceptors (Lipinski definition) is 5. The zero-order valence-corrected chi connectivity index (χ0v) is 14.0. The highest BCUT2D eigenvalue weighted by atomic mass is 32.2. The number of carbonyl (C=O) groups excluding carboxylic acids is 1. The molecular weight excluding hydrogens is 323 g/mol. The van der Waals surface area contributed by atoms with Crippen LogP contribution in [0.2, 0.25) is 0 Å². The summed E-state index contributed by atoms with van der Waals surface area (Å²) in [7, 11) is -2.14. The number of sulfone groups is 1. The molecule has 2 N–H and O–H groups in total. The third-order valence-electron chi connectivity index (χ3n) is 4.23. The molecule has 8 heteroatoms. The van der Waals surface area contributed by atoms with E-state index < -0.39 is 26.3 Å². The van der Waals surface area contributed by atoms with Crippen molar-refractivity contribution in [3.05, 3.63) is 29.6 Å². The zero-order chi connectivity index (χ0) is 17.1. The van der Waals surface area contributed by atoms with Gasteiger partial charge in [0.05, 0.1) is 7.11 Å². The SMILES string of the molecule is COc1ccc(CNC(=O)C2(S(C)(=O)=O)CCNCC2)c(F)c1. The molecular formula is C15H21FN2O4S. The van der Waals surface area contributed by atoms with Crippen molar-refractivity contribution in [1.82, 2.24) is 10.6 Å². The summed E-state index contributed by atoms with van der Waals surface area (Å²) in [6.07, 6.45) is 1.50. The molecule has 0 aliphatic carbocycles. The Balaban J connectivity index is 2.14. The Kier molecular flexibility index (Phi) is 5.26. The van der Waals surface area contributed by atoms with Crippen molar-refractivity contribution in [2.45, 2.75) is 24.1 Å². The lowest BCUT2D eigenvalue weighted by molar-refractivity contribution is -0.124. The second-order valence-electron chi connectivity index (χ2n) is 5.66. The first-order valence-corrected chi connectivity index (χ1v) is 9.20. The van der Waals surface area contributed by atoms with Gasteiger partial charge < -0.3 is 15.4 Å². The smallest absolute Gasteiger partial charge is 0.241 e. The molecule has 1 heterocycles. The molecule has 0 unspecified atom stereocenters. The van der Waals surface area contributed by atoms with Gasteiger partial charge in [0.2, 0.25) is 5.91 Å². The fourth-order valence-electron chi connectivity index (χ4n) is 2.73. The predicted molar refractivity (Wildman–Crippen MR) is 84.5 cm³/mol. The molecule has 0 radical (unpaired) electrons. The summed E-state index contributed by atoms with van der Waals surface area (Å²) >= 11 is 0. The van der Waals surface area contributed by atoms with E-state index in [-0.39, 0.29) is 24.9 Å². The number of piperidine rings is 1. The lowest BCUT2D eigenvalue weighted by Gasteiger charge is -2.34. The lowest BCUT2D eigenvalue weighted by atomic mass is 9.95. The van der Waals surface area contributed by atoms with Crippen molar-refractivity contribution in [3.63, 3.8) is 0 Å². The number of halogens is 1. The highest BCUT2D eigenvalue weighted by Crippen LogP contribution is 2.28. The van der Waals surface area contributed by atoms with E-state index in [4.69, 9.17) is 4.74 Å². The van der Waals surface area contributed by atoms with Crippen LogP contribution in [0.3, 0.4) is 0 Å². The largest absolute Gasteiger partial charge is 0.497 e. The van der Waals surface area contributed by atoms with Crippen LogP contribution in [0.5, 0.6) is 5.75 Å². The van der Waals surface area contributed by atoms with Crippen LogP contribution in [-0.2, 0) is 21.2 Å². The second-order valence-corrected chi connectivity index (χ2v) is 7.98. The van der Waals surface area contributed by atoms with E-state index in [2.05, 4.69) is 10.6 Å². The van der Waals surface area contributed by atoms with Crippen LogP contribution >= 0.6 is 0 Å². The summed E-state index contributed by atoms with van der Waals surface area (Å²) in [5, 5.41) is 5.61. The number of carbonyl (C=O) groups is 1. The molecule has 0 aromatic heterocycles. The van der Waals surface area contributed by atoms with E-state index in [0.29, 0.717) is 18.8 Å². The number of nitrogens with one attached hydrogen (secondary N) is 2. The summed E-state index contributed by atoms with van der Waals surface area (Å²) in [6.45, 7) is 0.841. The van der Waals surface area contributed by atoms with E-state index in [1.807, 2.05) is 0 Å². The Morgan fingerprint density at radius 1 is 1.39 bits per heavy atom. The Labute approximate surface area is 135 Å². The third kappa shape index (κ3) is 3.64. The Hall–Kier alpha value is -1.67. The highest BCUT2D eigenvalue weighted by Gasteiger charge is 2.48. The maximum absolute atomic E-state index is 13.9. The van der Waals surface area contributed by atoms with Gasteiger partial charge in [-0.3, -0.25) is 4.79 Å². The van der Waals surface area contributed by atoms with E-state index in [1.54, 1.807) is 6.07 Å². The van der Waals surface area contributed by atoms with Gasteiger partial charge in [-0.2, -0.15) is 0 Å². The summed E-state index contributed by atoms with van der Waals surface area (Å²) < 4.78 is 41.6. The minimum absolute atomic E-state index is 0.0701. The minimum Gasteiger partial charge on any atom is -0.497 e. The van der Waals surface area contributed by atoms with Crippen molar-refractivity contribution >= 4 is 15.7 Å². The lowest BCUT2D eigenvalue weighted by Crippen LogP contribution is -2.57. The van der Waals surface area contributed by atoms with Gasteiger partial charge in [0.25, 0.3) is 0 Å². The molecule has 1 aliphatic heterocycles. The van der Waals surface area contributed by atoms with E-state index in [0.717, 1.165) is 6.26 Å². The maximum atomic E-state index is 13.9. The first kappa shape index (κ1) is 17.7. The summed E-state index contributed by atoms with van der Waals surface area (Å²) in [6, 6.07) is 4.31. The normalized spacial score (nSPS) is 17.5. The van der Waals surface area contributed by atoms with Crippen LogP contribution in [0, 0.1) is 5.82 Å². The van der Waals surface area contributed by atoms with Crippen LogP contribution in [0.25, 0.3) is 0 Å². The van der Waals surface area contributed by atoms with Crippen LogP contribution in [-0.4, -0.2) is 45.5 Å². The van der Waals surface area contributed by atoms with Gasteiger partial charge in [-0.1, -0.05) is 6.07 Å². The van der Waals surface area contributed by atoms with Crippen molar-refractivity contribution < 1.29 is 22.3 Å². The molecule has 0 atom stereocenters. The number of benzene rings is 1. The van der Waals surface area contributed by atoms with Gasteiger partial charge in [-0.15, -0.1) is 0 Å². The van der Waals surface area contributed by atoms with Crippen molar-refractivity contribution in [2.75, 3.05) is 26.5 Å². The molecule has 6 nitrogen and oxygen atoms in total. The quantitative estimate of drug-likeness (QED) is 0.818. The van der Waals surface area contributed by atoms with Gasteiger partial charge in [0.1, 0.15) is 11.6 Å². The zero-order valence-electron chi connectivity index (χ0n) is 13.2. The second kappa shape index (κ2) is 6.84. The number of ether oxygens (including phenoxy) is 1. The summed E-state index contributed by atoms with van der Waals surface area (Å²) in [5.41, 5.74) is 0.275. The monoisotopic (exact) mass is 344 g/mol. The number of amides is 1. The van der Waals surface area contributed by atoms with Gasteiger partial charge in [0.15, 0.2) is 14.6 Å². The van der Waals surface area contributed by atoms with E-state index >= 15 is 0 Å². The molecule has 1 amide bonds. The fourth-order valence-corrected chi connectivity index (χ4v) is 4.09. The standard InChI is InChI=1S/C15H21FN2O4S/c1-22-12-4-3-11(13(16)9-12)10-18-14(19)15(23(2,20)21)5-7-17-8-6-15/h3-4,9,17H,5-8,10H2,1-2H3,(H,18,19). The molecule has 0 spiro atoms. The van der Waals surface area contributed by atoms with Crippen LogP contribution in [0.4, 0.5) is 4.39 Å². The van der Waals surface area contributed by atoms with Gasteiger partial charge in [-0.05, 0) is 32.0 Å². The molecule has 128 valence electrons. The fraction of sp³-hybridized carbons (Fsp3) is 0.533. The highest BCUT2D eigenvalue weighted by molar-refractivity contribution is 7.92. The molecule has 1 fully saturated rings. The molecule has 0 bridgehead atoms. The Morgan fingerprint density at radius 2 is 2.04 bits per heavy atom. The third-order valence-corrected chi connectivity index (χ3v) is 6.25. The summed E-state index contributed by atoms with van der Waals surface area (Å²) in [5.74, 6) is -0.705. The molecule has 0 saturated carbocycles. The first-order chi connectivity index (χ1) is 10.8. The van der Waals surface area contributed by atoms with E-state index in [9.17, 15) is 17.6 Å². The maximum Gasteiger partial charge on any atom is 0.241 e. The summed E-state index contributed by atoms with van der Waals surface area (Å²) in [4.78, 5) is 12.5. The van der Waals surface area contributed by atoms with Crippen LogP contribution < -0.4 is 15.4 Å². The molecule has 1 saturated heterocycles. The van der Waals surface area contributed by atoms with Crippen molar-refractivity contribution in [1.29, 1.82) is 0 Å². The van der Waals surface area contributed by atoms with Gasteiger partial charge in [0, 0.05) is 24.4 Å². The predicted octanol–water partition coefficient (Wildman–Crippen LogP) is 0.617. The number of rotatable bonds is 5. The van der Waals surface area contributed by atoms with Crippen LogP contribution in [0.15, 0.2) is 18.2 Å². The topological polar surface area (TPSA) is 84.5 Å². The average Bonchev–Trinajstić information content (AvgIpc) is 2.52. The van der Waals surface area contributed by atoms with Crippen molar-refractivity contribution in [3.8, 4) is 5.75 Å². The molecule has 1 aromatic rings. The van der Waals surface area contributed by atoms with E-state index in [1.165, 1.54) is 19.2 Å². The van der Waals surface area contributed by atoms with Gasteiger partial charge >= 0.3 is 0 Å². The van der Waals surface area contributed by atoms with Crippen molar-refractivity contribution in [2.24, 2.45) is 0 Å². The Bertz CT molecular complexity index is 685. The molecule has 2 rings (SSSR count). The molecule has 23 heavy (non-hydrogen) atoms. The first-order valence-electron chi connectivity index (χ1n) is 7.31. The average molecular weight is 344 g/mol. The van der Waals surface area contributed by atoms with Crippen LogP contribution in [0.1, 0.15) is 18.4 Å². The molecule has 1 aliphatic rings. The van der Waals surface area contributed by atoms with Gasteiger partial charge in [-0.25, -0.2) is 12.8 Å². The minimum atomic E-state index is -3.58. The number of methoxy groups -OCH3 is 1. The molecule has 1 aromatic carbocycles. The number of hydrogen-bond donors (Lipinski definition) is 2. The Morgan fingerprint density at radius 3 is 2.57 bits per heavy atom.